The Morgan fingerprint density at radius 1 is 0.850 bits per heavy atom. The van der Waals surface area contributed by atoms with Crippen LogP contribution >= 0.6 is 0 Å². The smallest absolute Gasteiger partial charge is 0.267 e. The molecule has 0 atom stereocenters. The van der Waals surface area contributed by atoms with E-state index in [-0.39, 0.29) is 5.56 Å². The first-order valence-electron chi connectivity index (χ1n) is 13.6. The molecule has 0 unspecified atom stereocenters. The average Bonchev–Trinajstić information content (AvgIpc) is 3.46. The number of nitrogen functional groups attached to an aromatic ring is 1. The Kier molecular flexibility index (Phi) is 8.41. The minimum atomic E-state index is -0.174. The van der Waals surface area contributed by atoms with Crippen LogP contribution in [-0.2, 0) is 13.1 Å². The molecule has 40 heavy (non-hydrogen) atoms. The van der Waals surface area contributed by atoms with Crippen molar-refractivity contribution < 1.29 is 0 Å². The molecule has 0 saturated carbocycles. The van der Waals surface area contributed by atoms with Gasteiger partial charge in [0.2, 0.25) is 0 Å². The van der Waals surface area contributed by atoms with E-state index in [1.807, 2.05) is 78.0 Å². The molecule has 9 heteroatoms. The SMILES string of the molecule is CCCN(CC)CCn1cc(-c2cnc(-c3cccc(Cn4nc(-c5cccc(N)c5)ccc4=O)c3)nc2)cn1. The summed E-state index contributed by atoms with van der Waals surface area (Å²) in [6, 6.07) is 18.6. The molecular weight excluding hydrogens is 500 g/mol. The molecule has 9 nitrogen and oxygen atoms in total. The first-order chi connectivity index (χ1) is 19.5. The summed E-state index contributed by atoms with van der Waals surface area (Å²) in [5.74, 6) is 0.616. The van der Waals surface area contributed by atoms with Crippen molar-refractivity contribution in [1.29, 1.82) is 0 Å². The molecule has 0 fully saturated rings. The van der Waals surface area contributed by atoms with Crippen LogP contribution in [0.3, 0.4) is 0 Å². The van der Waals surface area contributed by atoms with Gasteiger partial charge >= 0.3 is 0 Å². The highest BCUT2D eigenvalue weighted by Gasteiger charge is 2.09. The maximum atomic E-state index is 12.6. The number of aromatic nitrogens is 6. The van der Waals surface area contributed by atoms with Crippen LogP contribution in [0.4, 0.5) is 5.69 Å². The average molecular weight is 535 g/mol. The molecule has 5 aromatic rings. The summed E-state index contributed by atoms with van der Waals surface area (Å²) >= 11 is 0. The van der Waals surface area contributed by atoms with Crippen LogP contribution in [-0.4, -0.2) is 54.1 Å². The van der Waals surface area contributed by atoms with E-state index >= 15 is 0 Å². The molecule has 2 aromatic carbocycles. The van der Waals surface area contributed by atoms with Crippen LogP contribution in [0, 0.1) is 0 Å². The molecule has 0 radical (unpaired) electrons. The second kappa shape index (κ2) is 12.5. The number of benzene rings is 2. The number of nitrogens with zero attached hydrogens (tertiary/aromatic N) is 7. The van der Waals surface area contributed by atoms with Gasteiger partial charge in [0.15, 0.2) is 5.82 Å². The maximum Gasteiger partial charge on any atom is 0.267 e. The Morgan fingerprint density at radius 2 is 1.65 bits per heavy atom. The Hall–Kier alpha value is -4.63. The molecule has 0 aliphatic rings. The molecule has 3 aromatic heterocycles. The van der Waals surface area contributed by atoms with Gasteiger partial charge in [0.25, 0.3) is 5.56 Å². The topological polar surface area (TPSA) is 108 Å². The second-order valence-corrected chi connectivity index (χ2v) is 9.76. The molecule has 0 spiro atoms. The van der Waals surface area contributed by atoms with E-state index in [1.165, 1.54) is 10.7 Å². The lowest BCUT2D eigenvalue weighted by Gasteiger charge is -2.19. The zero-order chi connectivity index (χ0) is 27.9. The van der Waals surface area contributed by atoms with Gasteiger partial charge in [-0.1, -0.05) is 44.2 Å². The lowest BCUT2D eigenvalue weighted by molar-refractivity contribution is 0.272. The second-order valence-electron chi connectivity index (χ2n) is 9.76. The van der Waals surface area contributed by atoms with E-state index in [0.29, 0.717) is 23.8 Å². The molecule has 0 saturated heterocycles. The first kappa shape index (κ1) is 27.0. The molecule has 5 rings (SSSR count). The lowest BCUT2D eigenvalue weighted by atomic mass is 10.1. The predicted octanol–water partition coefficient (Wildman–Crippen LogP) is 4.59. The van der Waals surface area contributed by atoms with Gasteiger partial charge in [-0.3, -0.25) is 9.48 Å². The quantitative estimate of drug-likeness (QED) is 0.247. The van der Waals surface area contributed by atoms with Gasteiger partial charge in [-0.05, 0) is 49.3 Å². The minimum absolute atomic E-state index is 0.174. The zero-order valence-corrected chi connectivity index (χ0v) is 22.9. The normalized spacial score (nSPS) is 11.3. The van der Waals surface area contributed by atoms with E-state index in [2.05, 4.69) is 38.9 Å². The fraction of sp³-hybridized carbons (Fsp3) is 0.258. The van der Waals surface area contributed by atoms with Crippen molar-refractivity contribution in [2.24, 2.45) is 0 Å². The van der Waals surface area contributed by atoms with E-state index in [1.54, 1.807) is 6.07 Å². The van der Waals surface area contributed by atoms with Crippen molar-refractivity contribution in [3.8, 4) is 33.8 Å². The summed E-state index contributed by atoms with van der Waals surface area (Å²) in [6.45, 7) is 8.69. The fourth-order valence-corrected chi connectivity index (χ4v) is 4.65. The van der Waals surface area contributed by atoms with Crippen LogP contribution in [0.15, 0.2) is 90.2 Å². The molecule has 0 amide bonds. The van der Waals surface area contributed by atoms with Gasteiger partial charge in [0.1, 0.15) is 0 Å². The summed E-state index contributed by atoms with van der Waals surface area (Å²) in [5, 5.41) is 9.09. The van der Waals surface area contributed by atoms with Crippen molar-refractivity contribution in [2.75, 3.05) is 25.4 Å². The maximum absolute atomic E-state index is 12.6. The highest BCUT2D eigenvalue weighted by Crippen LogP contribution is 2.22. The van der Waals surface area contributed by atoms with Crippen LogP contribution in [0.5, 0.6) is 0 Å². The summed E-state index contributed by atoms with van der Waals surface area (Å²) in [7, 11) is 0. The van der Waals surface area contributed by atoms with Crippen molar-refractivity contribution >= 4 is 5.69 Å². The van der Waals surface area contributed by atoms with Gasteiger partial charge in [0.05, 0.1) is 25.0 Å². The number of likely N-dealkylation sites (N-methyl/N-ethyl adjacent to an activating group) is 1. The molecule has 0 aliphatic heterocycles. The van der Waals surface area contributed by atoms with Gasteiger partial charge in [-0.15, -0.1) is 0 Å². The van der Waals surface area contributed by atoms with Gasteiger partial charge in [-0.25, -0.2) is 14.6 Å². The Balaban J connectivity index is 1.29. The van der Waals surface area contributed by atoms with E-state index in [4.69, 9.17) is 5.73 Å². The van der Waals surface area contributed by atoms with Crippen molar-refractivity contribution in [2.45, 2.75) is 33.4 Å². The number of hydrogen-bond donors (Lipinski definition) is 1. The molecular formula is C31H34N8O. The van der Waals surface area contributed by atoms with Crippen molar-refractivity contribution in [1.82, 2.24) is 34.4 Å². The Bertz CT molecular complexity index is 1620. The zero-order valence-electron chi connectivity index (χ0n) is 22.9. The first-order valence-corrected chi connectivity index (χ1v) is 13.6. The highest BCUT2D eigenvalue weighted by atomic mass is 16.1. The third kappa shape index (κ3) is 6.50. The third-order valence-corrected chi connectivity index (χ3v) is 6.82. The Labute approximate surface area is 234 Å². The molecule has 3 heterocycles. The van der Waals surface area contributed by atoms with Gasteiger partial charge in [0, 0.05) is 59.1 Å². The largest absolute Gasteiger partial charge is 0.399 e. The van der Waals surface area contributed by atoms with Gasteiger partial charge in [-0.2, -0.15) is 10.2 Å². The predicted molar refractivity (Wildman–Crippen MR) is 159 cm³/mol. The molecule has 0 aliphatic carbocycles. The number of nitrogens with two attached hydrogens (primary N) is 1. The molecule has 2 N–H and O–H groups in total. The minimum Gasteiger partial charge on any atom is -0.399 e. The summed E-state index contributed by atoms with van der Waals surface area (Å²) in [5.41, 5.74) is 11.7. The monoisotopic (exact) mass is 534 g/mol. The summed E-state index contributed by atoms with van der Waals surface area (Å²) < 4.78 is 3.43. The van der Waals surface area contributed by atoms with E-state index in [9.17, 15) is 4.79 Å². The fourth-order valence-electron chi connectivity index (χ4n) is 4.65. The number of hydrogen-bond acceptors (Lipinski definition) is 7. The van der Waals surface area contributed by atoms with Crippen LogP contribution in [0.2, 0.25) is 0 Å². The molecule has 0 bridgehead atoms. The van der Waals surface area contributed by atoms with Crippen LogP contribution in [0.25, 0.3) is 33.8 Å². The van der Waals surface area contributed by atoms with Crippen LogP contribution in [0.1, 0.15) is 25.8 Å². The summed E-state index contributed by atoms with van der Waals surface area (Å²) in [4.78, 5) is 24.2. The van der Waals surface area contributed by atoms with E-state index < -0.39 is 0 Å². The number of anilines is 1. The van der Waals surface area contributed by atoms with Crippen molar-refractivity contribution in [3.63, 3.8) is 0 Å². The third-order valence-electron chi connectivity index (χ3n) is 6.82. The highest BCUT2D eigenvalue weighted by molar-refractivity contribution is 5.64. The summed E-state index contributed by atoms with van der Waals surface area (Å²) in [6.07, 6.45) is 8.70. The van der Waals surface area contributed by atoms with Crippen LogP contribution < -0.4 is 11.3 Å². The Morgan fingerprint density at radius 3 is 2.42 bits per heavy atom. The lowest BCUT2D eigenvalue weighted by Crippen LogP contribution is -2.28. The van der Waals surface area contributed by atoms with Gasteiger partial charge < -0.3 is 10.6 Å². The van der Waals surface area contributed by atoms with E-state index in [0.717, 1.165) is 60.4 Å². The number of rotatable bonds is 11. The standard InChI is InChI=1S/C31H34N8O/c1-3-13-37(4-2)14-15-38-22-27(20-35-38)26-18-33-31(34-19-26)25-9-5-7-23(16-25)21-39-30(40)12-11-29(36-39)24-8-6-10-28(32)17-24/h5-12,16-20,22H,3-4,13-15,21,32H2,1-2H3. The van der Waals surface area contributed by atoms with Crippen molar-refractivity contribution in [3.05, 3.63) is 101 Å². The molecule has 204 valence electrons.